The Balaban J connectivity index is 1.52. The van der Waals surface area contributed by atoms with Gasteiger partial charge in [0.05, 0.1) is 19.1 Å². The van der Waals surface area contributed by atoms with Crippen LogP contribution >= 0.6 is 0 Å². The lowest BCUT2D eigenvalue weighted by molar-refractivity contribution is -0.124. The number of nitrogens with zero attached hydrogens (tertiary/aromatic N) is 1. The average molecular weight is 513 g/mol. The second-order valence-electron chi connectivity index (χ2n) is 9.99. The van der Waals surface area contributed by atoms with Gasteiger partial charge in [-0.25, -0.2) is 4.39 Å². The summed E-state index contributed by atoms with van der Waals surface area (Å²) in [4.78, 5) is 29.5. The summed E-state index contributed by atoms with van der Waals surface area (Å²) in [6, 6.07) is 20.5. The highest BCUT2D eigenvalue weighted by atomic mass is 19.1. The minimum Gasteiger partial charge on any atom is -0.497 e. The molecule has 5 rings (SSSR count). The van der Waals surface area contributed by atoms with E-state index in [4.69, 9.17) is 4.74 Å². The zero-order valence-electron chi connectivity index (χ0n) is 21.7. The van der Waals surface area contributed by atoms with Crippen LogP contribution in [0, 0.1) is 5.82 Å². The van der Waals surface area contributed by atoms with Crippen molar-refractivity contribution >= 4 is 11.8 Å². The maximum atomic E-state index is 13.9. The van der Waals surface area contributed by atoms with Crippen molar-refractivity contribution < 1.29 is 18.7 Å². The minimum absolute atomic E-state index is 0.105. The van der Waals surface area contributed by atoms with Crippen molar-refractivity contribution in [2.75, 3.05) is 13.7 Å². The molecule has 0 saturated heterocycles. The summed E-state index contributed by atoms with van der Waals surface area (Å²) in [5.74, 6) is -0.490. The molecule has 0 spiro atoms. The number of ether oxygens (including phenoxy) is 1. The van der Waals surface area contributed by atoms with Gasteiger partial charge in [-0.3, -0.25) is 9.59 Å². The highest BCUT2D eigenvalue weighted by molar-refractivity contribution is 6.01. The van der Waals surface area contributed by atoms with Crippen molar-refractivity contribution in [2.45, 2.75) is 50.6 Å². The first kappa shape index (κ1) is 25.7. The number of benzene rings is 3. The first-order valence-corrected chi connectivity index (χ1v) is 13.3. The number of fused-ring (bicyclic) bond motifs is 1. The summed E-state index contributed by atoms with van der Waals surface area (Å²) < 4.78 is 19.0. The lowest BCUT2D eigenvalue weighted by atomic mass is 9.79. The lowest BCUT2D eigenvalue weighted by Crippen LogP contribution is -2.47. The molecule has 2 amide bonds. The number of carbonyl (C=O) groups is 2. The number of halogens is 1. The van der Waals surface area contributed by atoms with Crippen LogP contribution in [0.25, 0.3) is 0 Å². The number of carbonyl (C=O) groups excluding carboxylic acids is 2. The Hall–Kier alpha value is -3.93. The molecular formula is C32H33FN2O3. The Morgan fingerprint density at radius 2 is 1.79 bits per heavy atom. The Kier molecular flexibility index (Phi) is 7.87. The molecule has 0 saturated carbocycles. The van der Waals surface area contributed by atoms with Crippen molar-refractivity contribution in [3.63, 3.8) is 0 Å². The Labute approximate surface area is 223 Å². The third-order valence-corrected chi connectivity index (χ3v) is 7.57. The summed E-state index contributed by atoms with van der Waals surface area (Å²) >= 11 is 0. The van der Waals surface area contributed by atoms with E-state index < -0.39 is 12.0 Å². The molecule has 6 heteroatoms. The van der Waals surface area contributed by atoms with Crippen LogP contribution in [-0.2, 0) is 11.3 Å². The van der Waals surface area contributed by atoms with Gasteiger partial charge in [-0.15, -0.1) is 0 Å². The van der Waals surface area contributed by atoms with Crippen molar-refractivity contribution in [2.24, 2.45) is 0 Å². The molecule has 0 aromatic heterocycles. The van der Waals surface area contributed by atoms with Crippen molar-refractivity contribution in [3.8, 4) is 5.75 Å². The predicted octanol–water partition coefficient (Wildman–Crippen LogP) is 6.32. The molecular weight excluding hydrogens is 479 g/mol. The van der Waals surface area contributed by atoms with E-state index in [0.29, 0.717) is 17.9 Å². The summed E-state index contributed by atoms with van der Waals surface area (Å²) in [7, 11) is 1.61. The van der Waals surface area contributed by atoms with Gasteiger partial charge in [0, 0.05) is 18.7 Å². The fourth-order valence-electron chi connectivity index (χ4n) is 5.60. The zero-order chi connectivity index (χ0) is 26.5. The molecule has 3 aromatic carbocycles. The number of methoxy groups -OCH3 is 1. The molecule has 2 aliphatic rings. The molecule has 3 aromatic rings. The Morgan fingerprint density at radius 3 is 2.50 bits per heavy atom. The largest absolute Gasteiger partial charge is 0.497 e. The monoisotopic (exact) mass is 512 g/mol. The van der Waals surface area contributed by atoms with Gasteiger partial charge in [-0.1, -0.05) is 54.1 Å². The van der Waals surface area contributed by atoms with Crippen LogP contribution in [0.5, 0.6) is 5.75 Å². The summed E-state index contributed by atoms with van der Waals surface area (Å²) in [5.41, 5.74) is 4.28. The van der Waals surface area contributed by atoms with Gasteiger partial charge in [0.15, 0.2) is 0 Å². The maximum absolute atomic E-state index is 13.9. The first-order valence-electron chi connectivity index (χ1n) is 13.3. The van der Waals surface area contributed by atoms with Crippen LogP contribution in [-0.4, -0.2) is 30.4 Å². The van der Waals surface area contributed by atoms with Crippen LogP contribution in [0.1, 0.15) is 71.1 Å². The van der Waals surface area contributed by atoms with E-state index in [1.165, 1.54) is 30.5 Å². The first-order chi connectivity index (χ1) is 18.5. The minimum atomic E-state index is -0.599. The quantitative estimate of drug-likeness (QED) is 0.359. The lowest BCUT2D eigenvalue weighted by Gasteiger charge is -2.42. The van der Waals surface area contributed by atoms with Crippen molar-refractivity contribution in [1.29, 1.82) is 0 Å². The van der Waals surface area contributed by atoms with E-state index in [2.05, 4.69) is 11.4 Å². The number of allylic oxidation sites excluding steroid dienone is 1. The van der Waals surface area contributed by atoms with Crippen LogP contribution in [0.3, 0.4) is 0 Å². The normalized spacial score (nSPS) is 18.9. The van der Waals surface area contributed by atoms with Gasteiger partial charge in [-0.05, 0) is 79.1 Å². The number of hydrogen-bond donors (Lipinski definition) is 1. The maximum Gasteiger partial charge on any atom is 0.255 e. The zero-order valence-corrected chi connectivity index (χ0v) is 21.7. The molecule has 0 fully saturated rings. The SMILES string of the molecule is COc1ccc(C2C(C(=O)NCCC3=CCCCC3)c3ccccc3C(=O)N2Cc2ccc(F)cc2)cc1. The number of rotatable bonds is 8. The molecule has 0 radical (unpaired) electrons. The third kappa shape index (κ3) is 5.49. The second kappa shape index (κ2) is 11.6. The summed E-state index contributed by atoms with van der Waals surface area (Å²) in [5, 5.41) is 3.18. The van der Waals surface area contributed by atoms with E-state index in [0.717, 1.165) is 36.0 Å². The van der Waals surface area contributed by atoms with E-state index in [1.54, 1.807) is 30.2 Å². The fourth-order valence-corrected chi connectivity index (χ4v) is 5.60. The van der Waals surface area contributed by atoms with E-state index in [1.807, 2.05) is 42.5 Å². The molecule has 1 aliphatic heterocycles. The number of amides is 2. The molecule has 1 N–H and O–H groups in total. The standard InChI is InChI=1S/C32H33FN2O3/c1-38-26-17-13-24(14-18-26)30-29(31(36)34-20-19-22-7-3-2-4-8-22)27-9-5-6-10-28(27)32(37)35(30)21-23-11-15-25(33)16-12-23/h5-7,9-18,29-30H,2-4,8,19-21H2,1H3,(H,34,36). The highest BCUT2D eigenvalue weighted by Crippen LogP contribution is 2.44. The van der Waals surface area contributed by atoms with Gasteiger partial charge in [0.2, 0.25) is 5.91 Å². The van der Waals surface area contributed by atoms with Crippen LogP contribution < -0.4 is 10.1 Å². The Bertz CT molecular complexity index is 1320. The molecule has 196 valence electrons. The second-order valence-corrected chi connectivity index (χ2v) is 9.99. The summed E-state index contributed by atoms with van der Waals surface area (Å²) in [6.07, 6.45) is 7.78. The number of hydrogen-bond acceptors (Lipinski definition) is 3. The van der Waals surface area contributed by atoms with Crippen molar-refractivity contribution in [1.82, 2.24) is 10.2 Å². The highest BCUT2D eigenvalue weighted by Gasteiger charge is 2.44. The van der Waals surface area contributed by atoms with Crippen LogP contribution in [0.2, 0.25) is 0 Å². The van der Waals surface area contributed by atoms with Gasteiger partial charge in [-0.2, -0.15) is 0 Å². The molecule has 5 nitrogen and oxygen atoms in total. The predicted molar refractivity (Wildman–Crippen MR) is 145 cm³/mol. The molecule has 2 unspecified atom stereocenters. The molecule has 0 bridgehead atoms. The molecule has 38 heavy (non-hydrogen) atoms. The molecule has 2 atom stereocenters. The van der Waals surface area contributed by atoms with Gasteiger partial charge in [0.1, 0.15) is 11.6 Å². The fraction of sp³-hybridized carbons (Fsp3) is 0.312. The summed E-state index contributed by atoms with van der Waals surface area (Å²) in [6.45, 7) is 0.811. The van der Waals surface area contributed by atoms with Gasteiger partial charge >= 0.3 is 0 Å². The Morgan fingerprint density at radius 1 is 1.03 bits per heavy atom. The van der Waals surface area contributed by atoms with Crippen molar-refractivity contribution in [3.05, 3.63) is 113 Å². The van der Waals surface area contributed by atoms with Crippen LogP contribution in [0.15, 0.2) is 84.4 Å². The van der Waals surface area contributed by atoms with Gasteiger partial charge < -0.3 is 15.0 Å². The van der Waals surface area contributed by atoms with Gasteiger partial charge in [0.25, 0.3) is 5.91 Å². The topological polar surface area (TPSA) is 58.6 Å². The number of nitrogens with one attached hydrogen (secondary N) is 1. The van der Waals surface area contributed by atoms with Crippen LogP contribution in [0.4, 0.5) is 4.39 Å². The molecule has 1 heterocycles. The average Bonchev–Trinajstić information content (AvgIpc) is 2.96. The third-order valence-electron chi connectivity index (χ3n) is 7.57. The van der Waals surface area contributed by atoms with E-state index >= 15 is 0 Å². The molecule has 1 aliphatic carbocycles. The van der Waals surface area contributed by atoms with E-state index in [9.17, 15) is 14.0 Å². The smallest absolute Gasteiger partial charge is 0.255 e. The van der Waals surface area contributed by atoms with E-state index in [-0.39, 0.29) is 24.2 Å².